The first-order valence-corrected chi connectivity index (χ1v) is 10.7. The Morgan fingerprint density at radius 1 is 1.31 bits per heavy atom. The van der Waals surface area contributed by atoms with Gasteiger partial charge in [-0.25, -0.2) is 4.98 Å². The summed E-state index contributed by atoms with van der Waals surface area (Å²) in [6.45, 7) is 8.10. The van der Waals surface area contributed by atoms with Crippen molar-refractivity contribution in [2.24, 2.45) is 0 Å². The monoisotopic (exact) mass is 371 g/mol. The molecule has 5 heteroatoms. The average molecular weight is 372 g/mol. The highest BCUT2D eigenvalue weighted by atomic mass is 32.2. The van der Waals surface area contributed by atoms with Crippen LogP contribution in [0.25, 0.3) is 11.3 Å². The molecule has 1 aliphatic rings. The second-order valence-corrected chi connectivity index (χ2v) is 8.57. The van der Waals surface area contributed by atoms with Gasteiger partial charge in [0.2, 0.25) is 5.91 Å². The Bertz CT molecular complexity index is 753. The summed E-state index contributed by atoms with van der Waals surface area (Å²) in [6.07, 6.45) is 7.56. The van der Waals surface area contributed by atoms with Crippen LogP contribution in [-0.2, 0) is 0 Å². The lowest BCUT2D eigenvalue weighted by atomic mass is 10.0. The van der Waals surface area contributed by atoms with Gasteiger partial charge in [-0.05, 0) is 32.6 Å². The normalized spacial score (nSPS) is 19.5. The lowest BCUT2D eigenvalue weighted by molar-refractivity contribution is 0.0909. The van der Waals surface area contributed by atoms with Crippen LogP contribution < -0.4 is 0 Å². The molecule has 0 radical (unpaired) electrons. The minimum Gasteiger partial charge on any atom is -0.292 e. The van der Waals surface area contributed by atoms with E-state index in [1.807, 2.05) is 18.0 Å². The summed E-state index contributed by atoms with van der Waals surface area (Å²) in [7, 11) is 0. The van der Waals surface area contributed by atoms with Gasteiger partial charge in [0, 0.05) is 30.5 Å². The number of rotatable bonds is 5. The standard InChI is InChI=1S/C21H29N3OS/c1-15-8-10-18(11-9-15)19-14-24(17(3)25)21(22-19)20-7-5-6-12-23(20)13-16(2)26-4/h8-11,14,16,20H,5-7,12-13H2,1-4H3. The number of likely N-dealkylation sites (tertiary alicyclic amines) is 1. The molecule has 1 aliphatic heterocycles. The maximum absolute atomic E-state index is 12.3. The first kappa shape index (κ1) is 19.2. The predicted octanol–water partition coefficient (Wildman–Crippen LogP) is 4.80. The summed E-state index contributed by atoms with van der Waals surface area (Å²) in [5.74, 6) is 0.940. The van der Waals surface area contributed by atoms with Gasteiger partial charge in [-0.2, -0.15) is 11.8 Å². The van der Waals surface area contributed by atoms with Gasteiger partial charge in [-0.1, -0.05) is 43.2 Å². The summed E-state index contributed by atoms with van der Waals surface area (Å²) < 4.78 is 1.77. The Morgan fingerprint density at radius 3 is 2.69 bits per heavy atom. The highest BCUT2D eigenvalue weighted by Gasteiger charge is 2.30. The van der Waals surface area contributed by atoms with Gasteiger partial charge in [0.15, 0.2) is 0 Å². The third-order valence-corrected chi connectivity index (χ3v) is 6.18. The molecule has 0 bridgehead atoms. The van der Waals surface area contributed by atoms with Gasteiger partial charge in [-0.15, -0.1) is 0 Å². The predicted molar refractivity (Wildman–Crippen MR) is 110 cm³/mol. The zero-order valence-corrected chi connectivity index (χ0v) is 17.1. The fraction of sp³-hybridized carbons (Fsp3) is 0.524. The SMILES string of the molecule is CSC(C)CN1CCCCC1c1nc(-c2ccc(C)cc2)cn1C(C)=O. The van der Waals surface area contributed by atoms with Crippen molar-refractivity contribution in [1.82, 2.24) is 14.5 Å². The quantitative estimate of drug-likeness (QED) is 0.757. The van der Waals surface area contributed by atoms with Crippen molar-refractivity contribution < 1.29 is 4.79 Å². The van der Waals surface area contributed by atoms with Crippen LogP contribution >= 0.6 is 11.8 Å². The molecule has 1 aromatic carbocycles. The molecule has 0 spiro atoms. The number of benzene rings is 1. The first-order valence-electron chi connectivity index (χ1n) is 9.43. The van der Waals surface area contributed by atoms with Crippen molar-refractivity contribution in [2.45, 2.75) is 51.3 Å². The van der Waals surface area contributed by atoms with Crippen LogP contribution in [0.1, 0.15) is 55.3 Å². The summed E-state index contributed by atoms with van der Waals surface area (Å²) in [5.41, 5.74) is 3.18. The number of carbonyl (C=O) groups excluding carboxylic acids is 1. The van der Waals surface area contributed by atoms with E-state index in [9.17, 15) is 4.79 Å². The van der Waals surface area contributed by atoms with Crippen molar-refractivity contribution in [3.05, 3.63) is 41.9 Å². The molecular weight excluding hydrogens is 342 g/mol. The molecule has 2 unspecified atom stereocenters. The van der Waals surface area contributed by atoms with E-state index >= 15 is 0 Å². The summed E-state index contributed by atoms with van der Waals surface area (Å²) in [5, 5.41) is 0.577. The number of aromatic nitrogens is 2. The molecule has 26 heavy (non-hydrogen) atoms. The molecule has 1 saturated heterocycles. The number of piperidine rings is 1. The zero-order valence-electron chi connectivity index (χ0n) is 16.2. The van der Waals surface area contributed by atoms with Crippen LogP contribution in [0.15, 0.2) is 30.5 Å². The van der Waals surface area contributed by atoms with Crippen LogP contribution in [0.2, 0.25) is 0 Å². The van der Waals surface area contributed by atoms with E-state index in [0.29, 0.717) is 5.25 Å². The number of imidazole rings is 1. The number of hydrogen-bond acceptors (Lipinski definition) is 4. The van der Waals surface area contributed by atoms with Crippen molar-refractivity contribution in [2.75, 3.05) is 19.3 Å². The zero-order chi connectivity index (χ0) is 18.7. The molecule has 0 aliphatic carbocycles. The maximum atomic E-state index is 12.3. The van der Waals surface area contributed by atoms with Gasteiger partial charge in [0.1, 0.15) is 5.82 Å². The van der Waals surface area contributed by atoms with Crippen molar-refractivity contribution in [3.63, 3.8) is 0 Å². The van der Waals surface area contributed by atoms with E-state index in [-0.39, 0.29) is 11.9 Å². The maximum Gasteiger partial charge on any atom is 0.228 e. The van der Waals surface area contributed by atoms with Crippen LogP contribution in [0.3, 0.4) is 0 Å². The Kier molecular flexibility index (Phi) is 6.20. The molecule has 4 nitrogen and oxygen atoms in total. The molecule has 1 aromatic heterocycles. The Balaban J connectivity index is 1.96. The first-order chi connectivity index (χ1) is 12.5. The van der Waals surface area contributed by atoms with Crippen molar-refractivity contribution in [3.8, 4) is 11.3 Å². The van der Waals surface area contributed by atoms with E-state index in [1.165, 1.54) is 18.4 Å². The summed E-state index contributed by atoms with van der Waals surface area (Å²) >= 11 is 1.89. The van der Waals surface area contributed by atoms with Crippen LogP contribution in [-0.4, -0.2) is 45.0 Å². The van der Waals surface area contributed by atoms with Crippen LogP contribution in [0, 0.1) is 6.92 Å². The number of carbonyl (C=O) groups is 1. The van der Waals surface area contributed by atoms with Crippen LogP contribution in [0.5, 0.6) is 0 Å². The fourth-order valence-corrected chi connectivity index (χ4v) is 3.99. The van der Waals surface area contributed by atoms with E-state index in [0.717, 1.165) is 36.6 Å². The third kappa shape index (κ3) is 4.21. The van der Waals surface area contributed by atoms with Gasteiger partial charge < -0.3 is 0 Å². The fourth-order valence-electron chi connectivity index (χ4n) is 3.65. The van der Waals surface area contributed by atoms with Crippen molar-refractivity contribution >= 4 is 17.7 Å². The molecular formula is C21H29N3OS. The van der Waals surface area contributed by atoms with Crippen molar-refractivity contribution in [1.29, 1.82) is 0 Å². The van der Waals surface area contributed by atoms with E-state index in [4.69, 9.17) is 4.98 Å². The highest BCUT2D eigenvalue weighted by Crippen LogP contribution is 2.33. The number of hydrogen-bond donors (Lipinski definition) is 0. The Hall–Kier alpha value is -1.59. The van der Waals surface area contributed by atoms with Gasteiger partial charge in [0.05, 0.1) is 11.7 Å². The second kappa shape index (κ2) is 8.40. The molecule has 3 rings (SSSR count). The molecule has 140 valence electrons. The summed E-state index contributed by atoms with van der Waals surface area (Å²) in [4.78, 5) is 19.7. The second-order valence-electron chi connectivity index (χ2n) is 7.29. The third-order valence-electron chi connectivity index (χ3n) is 5.23. The topological polar surface area (TPSA) is 38.1 Å². The largest absolute Gasteiger partial charge is 0.292 e. The molecule has 0 saturated carbocycles. The number of thioether (sulfide) groups is 1. The molecule has 2 aromatic rings. The lowest BCUT2D eigenvalue weighted by Crippen LogP contribution is -2.38. The van der Waals surface area contributed by atoms with Gasteiger partial charge in [0.25, 0.3) is 0 Å². The van der Waals surface area contributed by atoms with Gasteiger partial charge in [-0.3, -0.25) is 14.3 Å². The van der Waals surface area contributed by atoms with E-state index in [2.05, 4.69) is 49.3 Å². The van der Waals surface area contributed by atoms with Gasteiger partial charge >= 0.3 is 0 Å². The molecule has 2 heterocycles. The Labute approximate surface area is 161 Å². The Morgan fingerprint density at radius 2 is 2.04 bits per heavy atom. The smallest absolute Gasteiger partial charge is 0.228 e. The average Bonchev–Trinajstić information content (AvgIpc) is 3.08. The lowest BCUT2D eigenvalue weighted by Gasteiger charge is -2.36. The molecule has 1 fully saturated rings. The van der Waals surface area contributed by atoms with E-state index in [1.54, 1.807) is 11.5 Å². The minimum atomic E-state index is 0.0364. The molecule has 0 N–H and O–H groups in total. The highest BCUT2D eigenvalue weighted by molar-refractivity contribution is 7.99. The molecule has 0 amide bonds. The minimum absolute atomic E-state index is 0.0364. The van der Waals surface area contributed by atoms with Crippen LogP contribution in [0.4, 0.5) is 0 Å². The summed E-state index contributed by atoms with van der Waals surface area (Å²) in [6, 6.07) is 8.58. The van der Waals surface area contributed by atoms with E-state index < -0.39 is 0 Å². The molecule has 2 atom stereocenters. The number of aryl methyl sites for hydroxylation is 1. The number of nitrogens with zero attached hydrogens (tertiary/aromatic N) is 3.